The number of hydrogen-bond acceptors (Lipinski definition) is 5. The fourth-order valence-corrected chi connectivity index (χ4v) is 5.48. The monoisotopic (exact) mass is 412 g/mol. The summed E-state index contributed by atoms with van der Waals surface area (Å²) in [5.41, 5.74) is 5.91. The molecule has 1 aromatic carbocycles. The maximum atomic E-state index is 12.6. The maximum Gasteiger partial charge on any atom is 0.233 e. The number of hydrogen-bond donors (Lipinski definition) is 1. The first kappa shape index (κ1) is 19.2. The van der Waals surface area contributed by atoms with Gasteiger partial charge in [0.25, 0.3) is 0 Å². The Balaban J connectivity index is 1.36. The van der Waals surface area contributed by atoms with Crippen molar-refractivity contribution in [3.8, 4) is 11.1 Å². The molecule has 28 heavy (non-hydrogen) atoms. The number of likely N-dealkylation sites (tertiary alicyclic amines) is 1. The summed E-state index contributed by atoms with van der Waals surface area (Å²) in [4.78, 5) is 19.0. The van der Waals surface area contributed by atoms with Crippen LogP contribution >= 0.6 is 23.1 Å². The Bertz CT molecular complexity index is 957. The van der Waals surface area contributed by atoms with Crippen LogP contribution in [-0.4, -0.2) is 44.8 Å². The van der Waals surface area contributed by atoms with Gasteiger partial charge in [-0.2, -0.15) is 5.10 Å². The molecule has 1 aliphatic heterocycles. The van der Waals surface area contributed by atoms with Crippen LogP contribution in [0.3, 0.4) is 0 Å². The number of nitrogens with zero attached hydrogens (tertiary/aromatic N) is 3. The van der Waals surface area contributed by atoms with Gasteiger partial charge in [0, 0.05) is 41.3 Å². The van der Waals surface area contributed by atoms with Crippen LogP contribution in [0.1, 0.15) is 35.7 Å². The Morgan fingerprint density at radius 3 is 2.75 bits per heavy atom. The lowest BCUT2D eigenvalue weighted by atomic mass is 9.88. The third-order valence-electron chi connectivity index (χ3n) is 5.28. The number of nitrogens with one attached hydrogen (secondary N) is 1. The van der Waals surface area contributed by atoms with E-state index >= 15 is 0 Å². The fraction of sp³-hybridized carbons (Fsp3) is 0.381. The third-order valence-corrected chi connectivity index (χ3v) is 7.40. The van der Waals surface area contributed by atoms with E-state index in [2.05, 4.69) is 46.4 Å². The van der Waals surface area contributed by atoms with Gasteiger partial charge in [0.15, 0.2) is 4.34 Å². The van der Waals surface area contributed by atoms with E-state index in [9.17, 15) is 4.79 Å². The minimum Gasteiger partial charge on any atom is -0.342 e. The van der Waals surface area contributed by atoms with Crippen molar-refractivity contribution in [1.29, 1.82) is 0 Å². The minimum absolute atomic E-state index is 0.208. The Morgan fingerprint density at radius 1 is 1.25 bits per heavy atom. The van der Waals surface area contributed by atoms with E-state index in [0.717, 1.165) is 36.0 Å². The second kappa shape index (κ2) is 8.49. The largest absolute Gasteiger partial charge is 0.342 e. The standard InChI is InChI=1S/C21H24N4OS2/c1-14-5-3-4-6-17(14)18-11-22-24-20(18)16-7-9-25(10-8-16)19(26)13-28-21-23-15(2)12-27-21/h3-6,11-12,16H,7-10,13H2,1-2H3,(H,22,24). The molecular weight excluding hydrogens is 388 g/mol. The number of H-pyrrole nitrogens is 1. The van der Waals surface area contributed by atoms with Gasteiger partial charge in [-0.15, -0.1) is 11.3 Å². The van der Waals surface area contributed by atoms with Gasteiger partial charge in [0.2, 0.25) is 5.91 Å². The van der Waals surface area contributed by atoms with Gasteiger partial charge in [-0.3, -0.25) is 9.89 Å². The van der Waals surface area contributed by atoms with E-state index in [1.165, 1.54) is 22.4 Å². The topological polar surface area (TPSA) is 61.9 Å². The number of aromatic amines is 1. The Labute approximate surface area is 173 Å². The predicted molar refractivity (Wildman–Crippen MR) is 115 cm³/mol. The number of amides is 1. The summed E-state index contributed by atoms with van der Waals surface area (Å²) in [6, 6.07) is 8.42. The Kier molecular flexibility index (Phi) is 5.82. The molecule has 4 rings (SSSR count). The summed E-state index contributed by atoms with van der Waals surface area (Å²) in [6.45, 7) is 5.71. The molecule has 2 aromatic heterocycles. The highest BCUT2D eigenvalue weighted by Crippen LogP contribution is 2.35. The van der Waals surface area contributed by atoms with Crippen LogP contribution < -0.4 is 0 Å². The molecule has 1 fully saturated rings. The van der Waals surface area contributed by atoms with E-state index in [4.69, 9.17) is 0 Å². The average Bonchev–Trinajstić information content (AvgIpc) is 3.36. The highest BCUT2D eigenvalue weighted by molar-refractivity contribution is 8.01. The van der Waals surface area contributed by atoms with Gasteiger partial charge in [-0.1, -0.05) is 36.0 Å². The molecule has 0 saturated carbocycles. The van der Waals surface area contributed by atoms with Crippen LogP contribution in [-0.2, 0) is 4.79 Å². The van der Waals surface area contributed by atoms with E-state index in [1.54, 1.807) is 23.1 Å². The zero-order chi connectivity index (χ0) is 19.5. The number of aryl methyl sites for hydroxylation is 2. The van der Waals surface area contributed by atoms with Gasteiger partial charge in [-0.05, 0) is 37.8 Å². The van der Waals surface area contributed by atoms with Gasteiger partial charge < -0.3 is 4.90 Å². The number of carbonyl (C=O) groups is 1. The van der Waals surface area contributed by atoms with Gasteiger partial charge in [0.05, 0.1) is 11.9 Å². The van der Waals surface area contributed by atoms with Gasteiger partial charge in [0.1, 0.15) is 0 Å². The molecule has 3 aromatic rings. The minimum atomic E-state index is 0.208. The molecule has 1 N–H and O–H groups in total. The van der Waals surface area contributed by atoms with E-state index in [-0.39, 0.29) is 5.91 Å². The second-order valence-electron chi connectivity index (χ2n) is 7.21. The molecule has 0 bridgehead atoms. The van der Waals surface area contributed by atoms with Crippen molar-refractivity contribution >= 4 is 29.0 Å². The summed E-state index contributed by atoms with van der Waals surface area (Å²) < 4.78 is 0.973. The zero-order valence-corrected chi connectivity index (χ0v) is 17.8. The van der Waals surface area contributed by atoms with Crippen LogP contribution in [0.15, 0.2) is 40.2 Å². The summed E-state index contributed by atoms with van der Waals surface area (Å²) in [5.74, 6) is 1.09. The van der Waals surface area contributed by atoms with Crippen LogP contribution in [0.5, 0.6) is 0 Å². The second-order valence-corrected chi connectivity index (χ2v) is 9.29. The SMILES string of the molecule is Cc1csc(SCC(=O)N2CCC(c3[nH]ncc3-c3ccccc3C)CC2)n1. The number of aromatic nitrogens is 3. The molecule has 1 saturated heterocycles. The van der Waals surface area contributed by atoms with E-state index < -0.39 is 0 Å². The summed E-state index contributed by atoms with van der Waals surface area (Å²) in [6.07, 6.45) is 3.86. The highest BCUT2D eigenvalue weighted by atomic mass is 32.2. The average molecular weight is 413 g/mol. The lowest BCUT2D eigenvalue weighted by Gasteiger charge is -2.32. The van der Waals surface area contributed by atoms with Crippen molar-refractivity contribution in [3.05, 3.63) is 52.8 Å². The first-order valence-electron chi connectivity index (χ1n) is 9.54. The molecule has 146 valence electrons. The Hall–Kier alpha value is -2.12. The van der Waals surface area contributed by atoms with Crippen molar-refractivity contribution in [3.63, 3.8) is 0 Å². The third kappa shape index (κ3) is 4.15. The molecule has 1 aliphatic rings. The van der Waals surface area contributed by atoms with Crippen molar-refractivity contribution in [2.24, 2.45) is 0 Å². The molecule has 1 amide bonds. The molecule has 5 nitrogen and oxygen atoms in total. The van der Waals surface area contributed by atoms with Gasteiger partial charge >= 0.3 is 0 Å². The molecular formula is C21H24N4OS2. The lowest BCUT2D eigenvalue weighted by Crippen LogP contribution is -2.39. The first-order chi connectivity index (χ1) is 13.6. The number of benzene rings is 1. The predicted octanol–water partition coefficient (Wildman–Crippen LogP) is 4.65. The van der Waals surface area contributed by atoms with Crippen molar-refractivity contribution in [1.82, 2.24) is 20.1 Å². The van der Waals surface area contributed by atoms with Crippen LogP contribution in [0.25, 0.3) is 11.1 Å². The number of carbonyl (C=O) groups excluding carboxylic acids is 1. The highest BCUT2D eigenvalue weighted by Gasteiger charge is 2.27. The molecule has 0 spiro atoms. The first-order valence-corrected chi connectivity index (χ1v) is 11.4. The summed E-state index contributed by atoms with van der Waals surface area (Å²) in [7, 11) is 0. The number of piperidine rings is 1. The van der Waals surface area contributed by atoms with E-state index in [0.29, 0.717) is 11.7 Å². The number of thiazole rings is 1. The van der Waals surface area contributed by atoms with Crippen LogP contribution in [0.4, 0.5) is 0 Å². The van der Waals surface area contributed by atoms with Crippen molar-refractivity contribution in [2.75, 3.05) is 18.8 Å². The molecule has 7 heteroatoms. The normalized spacial score (nSPS) is 15.1. The zero-order valence-electron chi connectivity index (χ0n) is 16.1. The molecule has 0 unspecified atom stereocenters. The molecule has 0 aliphatic carbocycles. The van der Waals surface area contributed by atoms with Crippen molar-refractivity contribution in [2.45, 2.75) is 36.9 Å². The smallest absolute Gasteiger partial charge is 0.233 e. The van der Waals surface area contributed by atoms with Crippen LogP contribution in [0, 0.1) is 13.8 Å². The van der Waals surface area contributed by atoms with Gasteiger partial charge in [-0.25, -0.2) is 4.98 Å². The molecule has 3 heterocycles. The molecule has 0 atom stereocenters. The van der Waals surface area contributed by atoms with Crippen molar-refractivity contribution < 1.29 is 4.79 Å². The fourth-order valence-electron chi connectivity index (χ4n) is 3.73. The summed E-state index contributed by atoms with van der Waals surface area (Å²) in [5, 5.41) is 9.57. The Morgan fingerprint density at radius 2 is 2.04 bits per heavy atom. The number of rotatable bonds is 5. The quantitative estimate of drug-likeness (QED) is 0.620. The number of thioether (sulfide) groups is 1. The summed E-state index contributed by atoms with van der Waals surface area (Å²) >= 11 is 3.15. The maximum absolute atomic E-state index is 12.6. The molecule has 0 radical (unpaired) electrons. The van der Waals surface area contributed by atoms with Crippen LogP contribution in [0.2, 0.25) is 0 Å². The lowest BCUT2D eigenvalue weighted by molar-refractivity contribution is -0.129. The van der Waals surface area contributed by atoms with E-state index in [1.807, 2.05) is 23.4 Å².